The van der Waals surface area contributed by atoms with Crippen LogP contribution in [0.3, 0.4) is 0 Å². The minimum absolute atomic E-state index is 0.0208. The highest BCUT2D eigenvalue weighted by Crippen LogP contribution is 2.34. The molecule has 3 aromatic rings. The van der Waals surface area contributed by atoms with E-state index in [4.69, 9.17) is 17.0 Å². The lowest BCUT2D eigenvalue weighted by molar-refractivity contribution is 0.0989. The van der Waals surface area contributed by atoms with Crippen LogP contribution in [0.5, 0.6) is 0 Å². The minimum Gasteiger partial charge on any atom is -0.474 e. The molecule has 3 rings (SSSR count). The molecule has 3 aromatic carbocycles. The summed E-state index contributed by atoms with van der Waals surface area (Å²) in [6.45, 7) is 0.397. The van der Waals surface area contributed by atoms with Gasteiger partial charge < -0.3 is 4.74 Å². The number of carbonyl (C=O) groups excluding carboxylic acids is 1. The normalized spacial score (nSPS) is 11.5. The van der Waals surface area contributed by atoms with Crippen molar-refractivity contribution >= 4 is 34.1 Å². The molecule has 0 aromatic heterocycles. The SMILES string of the molecule is O=C(c1ccccc1)[C@@H](SC(=S)OCc1ccccc1)c1ccccc1. The Balaban J connectivity index is 1.73. The van der Waals surface area contributed by atoms with Gasteiger partial charge in [-0.15, -0.1) is 0 Å². The van der Waals surface area contributed by atoms with Crippen LogP contribution in [0.1, 0.15) is 26.7 Å². The van der Waals surface area contributed by atoms with Crippen molar-refractivity contribution in [1.29, 1.82) is 0 Å². The summed E-state index contributed by atoms with van der Waals surface area (Å²) in [6, 6.07) is 28.8. The van der Waals surface area contributed by atoms with Gasteiger partial charge in [0.1, 0.15) is 11.9 Å². The topological polar surface area (TPSA) is 26.3 Å². The molecule has 0 saturated heterocycles. The fourth-order valence-corrected chi connectivity index (χ4v) is 3.70. The number of hydrogen-bond donors (Lipinski definition) is 0. The second kappa shape index (κ2) is 9.32. The number of benzene rings is 3. The molecule has 0 amide bonds. The van der Waals surface area contributed by atoms with Crippen molar-refractivity contribution in [3.8, 4) is 0 Å². The van der Waals surface area contributed by atoms with Crippen molar-refractivity contribution in [2.24, 2.45) is 0 Å². The third-order valence-corrected chi connectivity index (χ3v) is 5.25. The van der Waals surface area contributed by atoms with Gasteiger partial charge in [-0.05, 0) is 23.3 Å². The summed E-state index contributed by atoms with van der Waals surface area (Å²) in [5, 5.41) is -0.429. The lowest BCUT2D eigenvalue weighted by atomic mass is 10.0. The Labute approximate surface area is 163 Å². The molecular weight excluding hydrogens is 360 g/mol. The molecule has 26 heavy (non-hydrogen) atoms. The van der Waals surface area contributed by atoms with Crippen LogP contribution in [0.25, 0.3) is 0 Å². The highest BCUT2D eigenvalue weighted by Gasteiger charge is 2.24. The first-order chi connectivity index (χ1) is 12.7. The molecule has 1 atom stereocenters. The van der Waals surface area contributed by atoms with E-state index < -0.39 is 5.25 Å². The first-order valence-electron chi connectivity index (χ1n) is 8.25. The van der Waals surface area contributed by atoms with Crippen LogP contribution in [0.2, 0.25) is 0 Å². The summed E-state index contributed by atoms with van der Waals surface area (Å²) in [7, 11) is 0. The van der Waals surface area contributed by atoms with E-state index in [2.05, 4.69) is 0 Å². The van der Waals surface area contributed by atoms with Crippen molar-refractivity contribution in [1.82, 2.24) is 0 Å². The summed E-state index contributed by atoms with van der Waals surface area (Å²) in [5.41, 5.74) is 2.62. The van der Waals surface area contributed by atoms with Crippen molar-refractivity contribution < 1.29 is 9.53 Å². The van der Waals surface area contributed by atoms with Gasteiger partial charge in [0.2, 0.25) is 4.38 Å². The number of thioether (sulfide) groups is 1. The zero-order chi connectivity index (χ0) is 18.2. The first-order valence-corrected chi connectivity index (χ1v) is 9.54. The third kappa shape index (κ3) is 5.04. The molecule has 0 spiro atoms. The number of thiocarbonyl (C=S) groups is 1. The van der Waals surface area contributed by atoms with Gasteiger partial charge in [0.15, 0.2) is 5.78 Å². The highest BCUT2D eigenvalue weighted by molar-refractivity contribution is 8.23. The fraction of sp³-hybridized carbons (Fsp3) is 0.0909. The number of rotatable bonds is 6. The Morgan fingerprint density at radius 1 is 0.846 bits per heavy atom. The maximum Gasteiger partial charge on any atom is 0.221 e. The highest BCUT2D eigenvalue weighted by atomic mass is 32.2. The van der Waals surface area contributed by atoms with Crippen molar-refractivity contribution in [2.75, 3.05) is 0 Å². The van der Waals surface area contributed by atoms with Gasteiger partial charge in [-0.1, -0.05) is 103 Å². The van der Waals surface area contributed by atoms with Crippen molar-refractivity contribution in [3.05, 3.63) is 108 Å². The lowest BCUT2D eigenvalue weighted by Crippen LogP contribution is -2.13. The van der Waals surface area contributed by atoms with Crippen LogP contribution >= 0.6 is 24.0 Å². The molecule has 0 fully saturated rings. The van der Waals surface area contributed by atoms with Crippen LogP contribution in [0.4, 0.5) is 0 Å². The second-order valence-corrected chi connectivity index (χ2v) is 7.37. The van der Waals surface area contributed by atoms with Gasteiger partial charge in [-0.3, -0.25) is 4.79 Å². The molecular formula is C22H18O2S2. The predicted molar refractivity (Wildman–Crippen MR) is 111 cm³/mol. The monoisotopic (exact) mass is 378 g/mol. The van der Waals surface area contributed by atoms with Crippen LogP contribution in [0.15, 0.2) is 91.0 Å². The van der Waals surface area contributed by atoms with Gasteiger partial charge in [-0.2, -0.15) is 0 Å². The predicted octanol–water partition coefficient (Wildman–Crippen LogP) is 5.85. The zero-order valence-electron chi connectivity index (χ0n) is 14.1. The van der Waals surface area contributed by atoms with Crippen LogP contribution in [-0.2, 0) is 11.3 Å². The van der Waals surface area contributed by atoms with Crippen molar-refractivity contribution in [3.63, 3.8) is 0 Å². The summed E-state index contributed by atoms with van der Waals surface area (Å²) in [6.07, 6.45) is 0. The standard InChI is InChI=1S/C22H18O2S2/c23-20(18-12-6-2-7-13-18)21(19-14-8-3-9-15-19)26-22(25)24-16-17-10-4-1-5-11-17/h1-15,21H,16H2/t21-/m0/s1. The summed E-state index contributed by atoms with van der Waals surface area (Å²) >= 11 is 6.67. The second-order valence-electron chi connectivity index (χ2n) is 5.66. The molecule has 2 nitrogen and oxygen atoms in total. The number of carbonyl (C=O) groups is 1. The van der Waals surface area contributed by atoms with Gasteiger partial charge in [0.25, 0.3) is 0 Å². The molecule has 0 N–H and O–H groups in total. The van der Waals surface area contributed by atoms with E-state index in [9.17, 15) is 4.79 Å². The van der Waals surface area contributed by atoms with Gasteiger partial charge in [-0.25, -0.2) is 0 Å². The Hall–Kier alpha value is -2.43. The molecule has 0 aliphatic heterocycles. The maximum absolute atomic E-state index is 13.0. The van der Waals surface area contributed by atoms with E-state index in [1.807, 2.05) is 91.0 Å². The Kier molecular flexibility index (Phi) is 6.58. The van der Waals surface area contributed by atoms with E-state index in [1.165, 1.54) is 11.8 Å². The van der Waals surface area contributed by atoms with E-state index >= 15 is 0 Å². The van der Waals surface area contributed by atoms with Crippen LogP contribution < -0.4 is 0 Å². The van der Waals surface area contributed by atoms with Crippen LogP contribution in [0, 0.1) is 0 Å². The zero-order valence-corrected chi connectivity index (χ0v) is 15.7. The maximum atomic E-state index is 13.0. The minimum atomic E-state index is -0.429. The molecule has 130 valence electrons. The summed E-state index contributed by atoms with van der Waals surface area (Å²) in [5.74, 6) is 0.0208. The number of ether oxygens (including phenoxy) is 1. The molecule has 0 aliphatic rings. The smallest absolute Gasteiger partial charge is 0.221 e. The molecule has 0 unspecified atom stereocenters. The Bertz CT molecular complexity index is 849. The van der Waals surface area contributed by atoms with E-state index in [0.717, 1.165) is 11.1 Å². The Morgan fingerprint density at radius 2 is 1.38 bits per heavy atom. The number of hydrogen-bond acceptors (Lipinski definition) is 4. The van der Waals surface area contributed by atoms with E-state index in [1.54, 1.807) is 0 Å². The molecule has 0 aliphatic carbocycles. The van der Waals surface area contributed by atoms with Gasteiger partial charge in [0, 0.05) is 5.56 Å². The first kappa shape index (κ1) is 18.4. The largest absolute Gasteiger partial charge is 0.474 e. The number of ketones is 1. The third-order valence-electron chi connectivity index (χ3n) is 3.81. The number of Topliss-reactive ketones (excluding diaryl/α,β-unsaturated/α-hetero) is 1. The van der Waals surface area contributed by atoms with Crippen LogP contribution in [-0.4, -0.2) is 10.2 Å². The van der Waals surface area contributed by atoms with Gasteiger partial charge >= 0.3 is 0 Å². The molecule has 0 bridgehead atoms. The lowest BCUT2D eigenvalue weighted by Gasteiger charge is -2.17. The molecule has 4 heteroatoms. The Morgan fingerprint density at radius 3 is 2.00 bits per heavy atom. The quantitative estimate of drug-likeness (QED) is 0.397. The summed E-state index contributed by atoms with van der Waals surface area (Å²) in [4.78, 5) is 13.0. The summed E-state index contributed by atoms with van der Waals surface area (Å²) < 4.78 is 6.08. The molecule has 0 saturated carbocycles. The van der Waals surface area contributed by atoms with E-state index in [-0.39, 0.29) is 5.78 Å². The average molecular weight is 379 g/mol. The molecule has 0 heterocycles. The fourth-order valence-electron chi connectivity index (χ4n) is 2.50. The van der Waals surface area contributed by atoms with Gasteiger partial charge in [0.05, 0.1) is 0 Å². The van der Waals surface area contributed by atoms with Crippen molar-refractivity contribution in [2.45, 2.75) is 11.9 Å². The average Bonchev–Trinajstić information content (AvgIpc) is 2.72. The van der Waals surface area contributed by atoms with E-state index in [0.29, 0.717) is 16.6 Å². The molecule has 0 radical (unpaired) electrons.